The fourth-order valence-electron chi connectivity index (χ4n) is 6.43. The molecule has 0 spiro atoms. The minimum Gasteiger partial charge on any atom is -0.462 e. The first-order chi connectivity index (χ1) is 34.2. The molecule has 0 aromatic heterocycles. The molecule has 0 bridgehead atoms. The van der Waals surface area contributed by atoms with Crippen molar-refractivity contribution in [3.8, 4) is 0 Å². The molecule has 3 atom stereocenters. The number of hydrogen-bond acceptors (Lipinski definition) is 10. The van der Waals surface area contributed by atoms with E-state index in [4.69, 9.17) is 23.3 Å². The Balaban J connectivity index is 4.88. The average Bonchev–Trinajstić information content (AvgIpc) is 3.35. The zero-order valence-electron chi connectivity index (χ0n) is 43.4. The summed E-state index contributed by atoms with van der Waals surface area (Å²) in [5.74, 6) is -1.58. The van der Waals surface area contributed by atoms with E-state index in [9.17, 15) is 28.9 Å². The Hall–Kier alpha value is -4.12. The first-order valence-electron chi connectivity index (χ1n) is 26.4. The van der Waals surface area contributed by atoms with Gasteiger partial charge < -0.3 is 24.2 Å². The van der Waals surface area contributed by atoms with Crippen LogP contribution in [0.15, 0.2) is 122 Å². The molecular weight excluding hydrogens is 904 g/mol. The summed E-state index contributed by atoms with van der Waals surface area (Å²) in [4.78, 5) is 48.4. The van der Waals surface area contributed by atoms with Gasteiger partial charge >= 0.3 is 25.7 Å². The van der Waals surface area contributed by atoms with Gasteiger partial charge in [-0.3, -0.25) is 23.4 Å². The molecule has 0 aliphatic carbocycles. The molecule has 0 aliphatic heterocycles. The van der Waals surface area contributed by atoms with E-state index in [0.717, 1.165) is 128 Å². The van der Waals surface area contributed by atoms with E-state index in [0.29, 0.717) is 19.3 Å². The molecule has 70 heavy (non-hydrogen) atoms. The number of rotatable bonds is 47. The molecule has 0 radical (unpaired) electrons. The van der Waals surface area contributed by atoms with Gasteiger partial charge in [-0.25, -0.2) is 4.57 Å². The summed E-state index contributed by atoms with van der Waals surface area (Å²) in [6.45, 7) is 4.16. The fourth-order valence-corrected chi connectivity index (χ4v) is 7.22. The van der Waals surface area contributed by atoms with Gasteiger partial charge in [0.1, 0.15) is 12.7 Å². The lowest BCUT2D eigenvalue weighted by Crippen LogP contribution is -2.30. The number of carbonyl (C=O) groups excluding carboxylic acids is 3. The molecule has 2 N–H and O–H groups in total. The molecule has 0 aromatic rings. The van der Waals surface area contributed by atoms with E-state index in [2.05, 4.69) is 142 Å². The van der Waals surface area contributed by atoms with Crippen LogP contribution in [0.5, 0.6) is 0 Å². The molecule has 0 saturated heterocycles. The summed E-state index contributed by atoms with van der Waals surface area (Å²) in [5.41, 5.74) is 0. The highest BCUT2D eigenvalue weighted by atomic mass is 31.2. The third-order valence-corrected chi connectivity index (χ3v) is 11.3. The molecule has 0 aromatic carbocycles. The summed E-state index contributed by atoms with van der Waals surface area (Å²) in [7, 11) is -4.77. The van der Waals surface area contributed by atoms with Crippen LogP contribution in [0.25, 0.3) is 0 Å². The number of esters is 3. The lowest BCUT2D eigenvalue weighted by Gasteiger charge is -2.21. The fraction of sp³-hybridized carbons (Fsp3) is 0.603. The third kappa shape index (κ3) is 48.9. The second-order valence-electron chi connectivity index (χ2n) is 16.9. The predicted octanol–water partition coefficient (Wildman–Crippen LogP) is 15.2. The maximum Gasteiger partial charge on any atom is 0.472 e. The number of unbranched alkanes of at least 4 members (excludes halogenated alkanes) is 10. The minimum atomic E-state index is -4.77. The van der Waals surface area contributed by atoms with Crippen LogP contribution in [-0.4, -0.2) is 66.5 Å². The van der Waals surface area contributed by atoms with Gasteiger partial charge in [0.2, 0.25) is 0 Å². The molecular formula is C58H93O11P. The van der Waals surface area contributed by atoms with Crippen molar-refractivity contribution in [2.45, 2.75) is 200 Å². The molecule has 0 amide bonds. The van der Waals surface area contributed by atoms with Crippen LogP contribution >= 0.6 is 7.82 Å². The summed E-state index contributed by atoms with van der Waals surface area (Å²) in [6, 6.07) is 0. The van der Waals surface area contributed by atoms with Gasteiger partial charge in [-0.15, -0.1) is 0 Å². The van der Waals surface area contributed by atoms with Gasteiger partial charge in [-0.1, -0.05) is 168 Å². The standard InChI is InChI=1S/C58H93O11P/c1-4-7-10-13-16-19-22-25-27-30-32-35-38-41-44-47-56(60)65-51-55(69-58(62)49-46-43-40-37-34-31-28-26-23-20-17-14-11-8-5-2)53-67-70(63,64)66-52-54(50-59)68-57(61)48-45-42-39-36-33-29-24-21-18-15-12-9-6-3/h7-12,16-21,25-29,33-34,37,54-55,59H,4-6,13-15,22-24,30-32,35-36,38-53H2,1-3H3,(H,63,64)/b10-7-,11-8-,12-9-,19-16-,20-17-,21-18-,27-25-,28-26-,33-29-,37-34-. The van der Waals surface area contributed by atoms with Gasteiger partial charge in [0.25, 0.3) is 0 Å². The van der Waals surface area contributed by atoms with Crippen molar-refractivity contribution in [3.05, 3.63) is 122 Å². The van der Waals surface area contributed by atoms with Crippen LogP contribution in [0.2, 0.25) is 0 Å². The Bertz CT molecular complexity index is 1630. The SMILES string of the molecule is CC/C=C\C/C=C\C/C=C\C/C=C\CCCCC(=O)OC(COC(=O)CCCCCCC/C=C\C/C=C\C/C=C\CC)COP(=O)(O)OCC(CO)OC(=O)CCCCC/C=C\C/C=C\C/C=C\CC. The van der Waals surface area contributed by atoms with E-state index in [1.165, 1.54) is 0 Å². The number of phosphoric ester groups is 1. The first-order valence-corrected chi connectivity index (χ1v) is 27.9. The molecule has 0 heterocycles. The summed E-state index contributed by atoms with van der Waals surface area (Å²) < 4.78 is 39.3. The first kappa shape index (κ1) is 65.9. The summed E-state index contributed by atoms with van der Waals surface area (Å²) in [6.07, 6.45) is 61.7. The highest BCUT2D eigenvalue weighted by Crippen LogP contribution is 2.43. The van der Waals surface area contributed by atoms with Gasteiger partial charge in [-0.2, -0.15) is 0 Å². The van der Waals surface area contributed by atoms with Crippen molar-refractivity contribution in [3.63, 3.8) is 0 Å². The molecule has 396 valence electrons. The second kappa shape index (κ2) is 51.2. The zero-order chi connectivity index (χ0) is 51.3. The van der Waals surface area contributed by atoms with Gasteiger partial charge in [-0.05, 0) is 122 Å². The van der Waals surface area contributed by atoms with Crippen molar-refractivity contribution < 1.29 is 52.2 Å². The number of aliphatic hydroxyl groups excluding tert-OH is 1. The van der Waals surface area contributed by atoms with Crippen molar-refractivity contribution in [2.24, 2.45) is 0 Å². The Kier molecular flexibility index (Phi) is 48.2. The molecule has 0 rings (SSSR count). The quantitative estimate of drug-likeness (QED) is 0.0197. The highest BCUT2D eigenvalue weighted by Gasteiger charge is 2.28. The van der Waals surface area contributed by atoms with Crippen molar-refractivity contribution in [1.29, 1.82) is 0 Å². The maximum atomic E-state index is 12.9. The Morgan fingerprint density at radius 3 is 1.11 bits per heavy atom. The zero-order valence-corrected chi connectivity index (χ0v) is 44.3. The minimum absolute atomic E-state index is 0.102. The second-order valence-corrected chi connectivity index (χ2v) is 18.3. The summed E-state index contributed by atoms with van der Waals surface area (Å²) >= 11 is 0. The average molecular weight is 997 g/mol. The van der Waals surface area contributed by atoms with Crippen LogP contribution in [0.1, 0.15) is 188 Å². The number of aliphatic hydroxyl groups is 1. The van der Waals surface area contributed by atoms with E-state index < -0.39 is 57.8 Å². The van der Waals surface area contributed by atoms with Crippen LogP contribution in [-0.2, 0) is 42.2 Å². The van der Waals surface area contributed by atoms with Crippen molar-refractivity contribution in [2.75, 3.05) is 26.4 Å². The maximum absolute atomic E-state index is 12.9. The smallest absolute Gasteiger partial charge is 0.462 e. The van der Waals surface area contributed by atoms with Crippen molar-refractivity contribution >= 4 is 25.7 Å². The number of allylic oxidation sites excluding steroid dienone is 20. The van der Waals surface area contributed by atoms with E-state index >= 15 is 0 Å². The largest absolute Gasteiger partial charge is 0.472 e. The van der Waals surface area contributed by atoms with E-state index in [-0.39, 0.29) is 25.9 Å². The molecule has 12 heteroatoms. The van der Waals surface area contributed by atoms with Crippen molar-refractivity contribution in [1.82, 2.24) is 0 Å². The monoisotopic (exact) mass is 997 g/mol. The molecule has 3 unspecified atom stereocenters. The normalized spacial score (nSPS) is 14.4. The van der Waals surface area contributed by atoms with Crippen LogP contribution in [0.3, 0.4) is 0 Å². The van der Waals surface area contributed by atoms with Gasteiger partial charge in [0.05, 0.1) is 19.8 Å². The predicted molar refractivity (Wildman–Crippen MR) is 288 cm³/mol. The molecule has 0 aliphatic rings. The van der Waals surface area contributed by atoms with Gasteiger partial charge in [0, 0.05) is 19.3 Å². The van der Waals surface area contributed by atoms with E-state index in [1.807, 2.05) is 0 Å². The Labute approximate surface area is 424 Å². The molecule has 11 nitrogen and oxygen atoms in total. The van der Waals surface area contributed by atoms with Crippen LogP contribution < -0.4 is 0 Å². The Morgan fingerprint density at radius 1 is 0.400 bits per heavy atom. The highest BCUT2D eigenvalue weighted by molar-refractivity contribution is 7.47. The Morgan fingerprint density at radius 2 is 0.700 bits per heavy atom. The van der Waals surface area contributed by atoms with Gasteiger partial charge in [0.15, 0.2) is 6.10 Å². The van der Waals surface area contributed by atoms with E-state index in [1.54, 1.807) is 0 Å². The summed E-state index contributed by atoms with van der Waals surface area (Å²) in [5, 5.41) is 9.78. The molecule has 0 fully saturated rings. The lowest BCUT2D eigenvalue weighted by molar-refractivity contribution is -0.161. The number of carbonyl (C=O) groups is 3. The third-order valence-electron chi connectivity index (χ3n) is 10.4. The topological polar surface area (TPSA) is 155 Å². The lowest BCUT2D eigenvalue weighted by atomic mass is 10.1. The van der Waals surface area contributed by atoms with Crippen LogP contribution in [0.4, 0.5) is 0 Å². The number of hydrogen-bond donors (Lipinski definition) is 2. The number of phosphoric acid groups is 1. The number of ether oxygens (including phenoxy) is 3. The molecule has 0 saturated carbocycles. The van der Waals surface area contributed by atoms with Crippen LogP contribution in [0, 0.1) is 0 Å².